The van der Waals surface area contributed by atoms with Crippen molar-refractivity contribution < 1.29 is 0 Å². The molecule has 0 aliphatic rings. The Labute approximate surface area is 139 Å². The Kier molecular flexibility index (Phi) is 6.39. The van der Waals surface area contributed by atoms with Crippen LogP contribution in [0.1, 0.15) is 50.3 Å². The summed E-state index contributed by atoms with van der Waals surface area (Å²) in [7, 11) is 0. The number of hydrogen-bond donors (Lipinski definition) is 1. The highest BCUT2D eigenvalue weighted by molar-refractivity contribution is 9.10. The average Bonchev–Trinajstić information content (AvgIpc) is 3.12. The third kappa shape index (κ3) is 3.93. The lowest BCUT2D eigenvalue weighted by molar-refractivity contribution is 0.494. The maximum Gasteiger partial charge on any atom is 0.0795 e. The lowest BCUT2D eigenvalue weighted by atomic mass is 10.1. The van der Waals surface area contributed by atoms with Gasteiger partial charge in [-0.2, -0.15) is 5.10 Å². The molecule has 21 heavy (non-hydrogen) atoms. The van der Waals surface area contributed by atoms with E-state index < -0.39 is 0 Å². The number of aromatic nitrogens is 3. The molecule has 6 heteroatoms. The van der Waals surface area contributed by atoms with Crippen molar-refractivity contribution in [1.82, 2.24) is 20.1 Å². The normalized spacial score (nSPS) is 12.8. The second-order valence-corrected chi connectivity index (χ2v) is 6.51. The van der Waals surface area contributed by atoms with Gasteiger partial charge >= 0.3 is 0 Å². The maximum atomic E-state index is 4.69. The zero-order valence-corrected chi connectivity index (χ0v) is 15.3. The Morgan fingerprint density at radius 1 is 1.38 bits per heavy atom. The Balaban J connectivity index is 2.25. The second kappa shape index (κ2) is 8.06. The summed E-state index contributed by atoms with van der Waals surface area (Å²) in [6.07, 6.45) is 2.98. The van der Waals surface area contributed by atoms with Gasteiger partial charge in [0.1, 0.15) is 0 Å². The fourth-order valence-electron chi connectivity index (χ4n) is 2.40. The van der Waals surface area contributed by atoms with E-state index in [0.717, 1.165) is 48.2 Å². The monoisotopic (exact) mass is 370 g/mol. The van der Waals surface area contributed by atoms with E-state index in [4.69, 9.17) is 0 Å². The van der Waals surface area contributed by atoms with E-state index in [1.165, 1.54) is 5.69 Å². The van der Waals surface area contributed by atoms with Crippen LogP contribution in [-0.2, 0) is 19.4 Å². The molecule has 0 aliphatic carbocycles. The molecule has 1 N–H and O–H groups in total. The van der Waals surface area contributed by atoms with Crippen LogP contribution in [0.25, 0.3) is 0 Å². The first-order valence-electron chi connectivity index (χ1n) is 7.56. The van der Waals surface area contributed by atoms with Crippen LogP contribution >= 0.6 is 27.3 Å². The van der Waals surface area contributed by atoms with Crippen molar-refractivity contribution >= 4 is 27.3 Å². The quantitative estimate of drug-likeness (QED) is 0.764. The molecule has 0 bridgehead atoms. The molecule has 2 rings (SSSR count). The number of nitrogens with one attached hydrogen (secondary N) is 1. The molecule has 0 radical (unpaired) electrons. The van der Waals surface area contributed by atoms with Gasteiger partial charge in [0.05, 0.1) is 33.1 Å². The Bertz CT molecular complexity index is 550. The standard InChI is InChI=1S/C15H23BrN4S/c1-4-7-17-12(13-9-21-10-18-13)8-14-15(16)11(5-2)19-20(14)6-3/h9-10,12,17H,4-8H2,1-3H3. The molecule has 0 saturated carbocycles. The number of aryl methyl sites for hydroxylation is 2. The van der Waals surface area contributed by atoms with Crippen molar-refractivity contribution in [3.8, 4) is 0 Å². The van der Waals surface area contributed by atoms with Crippen LogP contribution < -0.4 is 5.32 Å². The van der Waals surface area contributed by atoms with Crippen LogP contribution in [0, 0.1) is 0 Å². The van der Waals surface area contributed by atoms with Crippen molar-refractivity contribution in [2.24, 2.45) is 0 Å². The first-order valence-corrected chi connectivity index (χ1v) is 9.30. The molecule has 0 saturated heterocycles. The first kappa shape index (κ1) is 16.6. The molecule has 116 valence electrons. The summed E-state index contributed by atoms with van der Waals surface area (Å²) in [5.74, 6) is 0. The summed E-state index contributed by atoms with van der Waals surface area (Å²) in [5, 5.41) is 10.4. The van der Waals surface area contributed by atoms with Crippen LogP contribution in [0.5, 0.6) is 0 Å². The molecular weight excluding hydrogens is 348 g/mol. The molecule has 2 heterocycles. The van der Waals surface area contributed by atoms with Crippen LogP contribution in [-0.4, -0.2) is 21.3 Å². The number of thiazole rings is 1. The van der Waals surface area contributed by atoms with E-state index in [1.807, 2.05) is 5.51 Å². The van der Waals surface area contributed by atoms with Gasteiger partial charge in [-0.3, -0.25) is 4.68 Å². The highest BCUT2D eigenvalue weighted by atomic mass is 79.9. The smallest absolute Gasteiger partial charge is 0.0795 e. The molecule has 4 nitrogen and oxygen atoms in total. The second-order valence-electron chi connectivity index (χ2n) is 5.00. The molecule has 1 unspecified atom stereocenters. The van der Waals surface area contributed by atoms with Crippen LogP contribution in [0.2, 0.25) is 0 Å². The average molecular weight is 371 g/mol. The van der Waals surface area contributed by atoms with E-state index >= 15 is 0 Å². The van der Waals surface area contributed by atoms with E-state index in [0.29, 0.717) is 0 Å². The lowest BCUT2D eigenvalue weighted by Crippen LogP contribution is -2.25. The predicted octanol–water partition coefficient (Wildman–Crippen LogP) is 3.97. The Morgan fingerprint density at radius 2 is 2.19 bits per heavy atom. The van der Waals surface area contributed by atoms with Crippen molar-refractivity contribution in [2.45, 2.75) is 52.6 Å². The highest BCUT2D eigenvalue weighted by Crippen LogP contribution is 2.27. The van der Waals surface area contributed by atoms with Gasteiger partial charge in [0.2, 0.25) is 0 Å². The molecule has 0 aromatic carbocycles. The van der Waals surface area contributed by atoms with Crippen LogP contribution in [0.3, 0.4) is 0 Å². The third-order valence-corrected chi connectivity index (χ3v) is 5.06. The van der Waals surface area contributed by atoms with Gasteiger partial charge in [0, 0.05) is 18.3 Å². The van der Waals surface area contributed by atoms with Crippen LogP contribution in [0.4, 0.5) is 0 Å². The zero-order chi connectivity index (χ0) is 15.2. The minimum absolute atomic E-state index is 0.249. The van der Waals surface area contributed by atoms with Gasteiger partial charge in [-0.05, 0) is 42.2 Å². The van der Waals surface area contributed by atoms with Crippen molar-refractivity contribution in [2.75, 3.05) is 6.54 Å². The third-order valence-electron chi connectivity index (χ3n) is 3.54. The fraction of sp³-hybridized carbons (Fsp3) is 0.600. The molecule has 0 fully saturated rings. The van der Waals surface area contributed by atoms with E-state index in [-0.39, 0.29) is 6.04 Å². The zero-order valence-electron chi connectivity index (χ0n) is 12.9. The minimum atomic E-state index is 0.249. The molecular formula is C15H23BrN4S. The van der Waals surface area contributed by atoms with Crippen molar-refractivity contribution in [3.05, 3.63) is 32.4 Å². The molecule has 0 amide bonds. The number of nitrogens with zero attached hydrogens (tertiary/aromatic N) is 3. The van der Waals surface area contributed by atoms with Gasteiger partial charge < -0.3 is 5.32 Å². The lowest BCUT2D eigenvalue weighted by Gasteiger charge is -2.17. The van der Waals surface area contributed by atoms with E-state index in [9.17, 15) is 0 Å². The summed E-state index contributed by atoms with van der Waals surface area (Å²) >= 11 is 5.38. The number of halogens is 1. The first-order chi connectivity index (χ1) is 10.2. The summed E-state index contributed by atoms with van der Waals surface area (Å²) in [5.41, 5.74) is 5.43. The van der Waals surface area contributed by atoms with Gasteiger partial charge in [0.25, 0.3) is 0 Å². The SMILES string of the molecule is CCCNC(Cc1c(Br)c(CC)nn1CC)c1cscn1. The van der Waals surface area contributed by atoms with E-state index in [1.54, 1.807) is 11.3 Å². The Morgan fingerprint density at radius 3 is 2.76 bits per heavy atom. The summed E-state index contributed by atoms with van der Waals surface area (Å²) in [6.45, 7) is 8.36. The Hall–Kier alpha value is -0.720. The molecule has 2 aromatic heterocycles. The minimum Gasteiger partial charge on any atom is -0.308 e. The molecule has 1 atom stereocenters. The van der Waals surface area contributed by atoms with Gasteiger partial charge in [-0.1, -0.05) is 13.8 Å². The summed E-state index contributed by atoms with van der Waals surface area (Å²) in [4.78, 5) is 4.49. The van der Waals surface area contributed by atoms with E-state index in [2.05, 4.69) is 62.2 Å². The van der Waals surface area contributed by atoms with Gasteiger partial charge in [-0.25, -0.2) is 4.98 Å². The largest absolute Gasteiger partial charge is 0.308 e. The van der Waals surface area contributed by atoms with Gasteiger partial charge in [-0.15, -0.1) is 11.3 Å². The fourth-order valence-corrected chi connectivity index (χ4v) is 3.73. The number of hydrogen-bond acceptors (Lipinski definition) is 4. The summed E-state index contributed by atoms with van der Waals surface area (Å²) in [6, 6.07) is 0.249. The predicted molar refractivity (Wildman–Crippen MR) is 91.8 cm³/mol. The van der Waals surface area contributed by atoms with Crippen LogP contribution in [0.15, 0.2) is 15.4 Å². The maximum absolute atomic E-state index is 4.69. The topological polar surface area (TPSA) is 42.7 Å². The highest BCUT2D eigenvalue weighted by Gasteiger charge is 2.20. The van der Waals surface area contributed by atoms with Crippen molar-refractivity contribution in [1.29, 1.82) is 0 Å². The molecule has 2 aromatic rings. The molecule has 0 aliphatic heterocycles. The number of rotatable bonds is 8. The summed E-state index contributed by atoms with van der Waals surface area (Å²) < 4.78 is 3.26. The molecule has 0 spiro atoms. The van der Waals surface area contributed by atoms with Gasteiger partial charge in [0.15, 0.2) is 0 Å². The van der Waals surface area contributed by atoms with Crippen molar-refractivity contribution in [3.63, 3.8) is 0 Å².